The van der Waals surface area contributed by atoms with Crippen molar-refractivity contribution < 1.29 is 10.0 Å². The average molecular weight is 267 g/mol. The van der Waals surface area contributed by atoms with Gasteiger partial charge >= 0.3 is 0 Å². The number of hydrogen-bond acceptors (Lipinski definition) is 5. The van der Waals surface area contributed by atoms with Crippen LogP contribution in [0.5, 0.6) is 0 Å². The standard InChI is InChI=1S/C13H21N3O3/c1-9(2)13(4-5-17)15-11-6-10(14-3)7-12(8-11)16(18)19/h6-9,13-15,17H,4-5H2,1-3H3. The van der Waals surface area contributed by atoms with Crippen LogP contribution in [-0.4, -0.2) is 29.7 Å². The minimum atomic E-state index is -0.414. The highest BCUT2D eigenvalue weighted by atomic mass is 16.6. The number of nitrogens with zero attached hydrogens (tertiary/aromatic N) is 1. The third-order valence-electron chi connectivity index (χ3n) is 3.01. The van der Waals surface area contributed by atoms with Crippen LogP contribution in [0.1, 0.15) is 20.3 Å². The van der Waals surface area contributed by atoms with E-state index in [1.165, 1.54) is 12.1 Å². The van der Waals surface area contributed by atoms with E-state index in [1.807, 2.05) is 19.9 Å². The van der Waals surface area contributed by atoms with Gasteiger partial charge in [0.05, 0.1) is 4.92 Å². The van der Waals surface area contributed by atoms with Gasteiger partial charge in [0.15, 0.2) is 0 Å². The SMILES string of the molecule is CNc1cc(NC(CCO)C(C)C)cc([N+](=O)[O-])c1. The molecule has 0 spiro atoms. The first-order valence-electron chi connectivity index (χ1n) is 6.32. The molecule has 6 nitrogen and oxygen atoms in total. The van der Waals surface area contributed by atoms with Gasteiger partial charge in [-0.15, -0.1) is 0 Å². The Hall–Kier alpha value is -1.82. The highest BCUT2D eigenvalue weighted by Crippen LogP contribution is 2.25. The molecule has 0 heterocycles. The quantitative estimate of drug-likeness (QED) is 0.521. The van der Waals surface area contributed by atoms with E-state index in [1.54, 1.807) is 7.05 Å². The lowest BCUT2D eigenvalue weighted by atomic mass is 10.0. The molecule has 0 radical (unpaired) electrons. The third kappa shape index (κ3) is 4.40. The van der Waals surface area contributed by atoms with Gasteiger partial charge in [-0.05, 0) is 18.4 Å². The second-order valence-electron chi connectivity index (χ2n) is 4.78. The predicted molar refractivity (Wildman–Crippen MR) is 76.6 cm³/mol. The van der Waals surface area contributed by atoms with E-state index < -0.39 is 4.92 Å². The molecule has 0 bridgehead atoms. The molecule has 1 aromatic carbocycles. The summed E-state index contributed by atoms with van der Waals surface area (Å²) >= 11 is 0. The predicted octanol–water partition coefficient (Wildman–Crippen LogP) is 2.46. The summed E-state index contributed by atoms with van der Waals surface area (Å²) in [6, 6.07) is 4.89. The van der Waals surface area contributed by atoms with Crippen molar-refractivity contribution in [2.24, 2.45) is 5.92 Å². The van der Waals surface area contributed by atoms with E-state index in [0.717, 1.165) is 0 Å². The van der Waals surface area contributed by atoms with Crippen LogP contribution in [-0.2, 0) is 0 Å². The highest BCUT2D eigenvalue weighted by molar-refractivity contribution is 5.63. The Bertz CT molecular complexity index is 435. The van der Waals surface area contributed by atoms with Crippen LogP contribution in [0.4, 0.5) is 17.1 Å². The molecule has 1 unspecified atom stereocenters. The number of nitrogens with one attached hydrogen (secondary N) is 2. The van der Waals surface area contributed by atoms with Crippen LogP contribution in [0.3, 0.4) is 0 Å². The van der Waals surface area contributed by atoms with Crippen molar-refractivity contribution in [2.75, 3.05) is 24.3 Å². The maximum absolute atomic E-state index is 10.9. The van der Waals surface area contributed by atoms with Crippen molar-refractivity contribution in [1.29, 1.82) is 0 Å². The largest absolute Gasteiger partial charge is 0.396 e. The number of rotatable bonds is 7. The Labute approximate surface area is 113 Å². The Balaban J connectivity index is 2.98. The fraction of sp³-hybridized carbons (Fsp3) is 0.538. The molecular formula is C13H21N3O3. The van der Waals surface area contributed by atoms with Crippen LogP contribution in [0.25, 0.3) is 0 Å². The minimum absolute atomic E-state index is 0.0425. The van der Waals surface area contributed by atoms with Gasteiger partial charge in [0.2, 0.25) is 0 Å². The van der Waals surface area contributed by atoms with Crippen molar-refractivity contribution in [3.8, 4) is 0 Å². The van der Waals surface area contributed by atoms with Gasteiger partial charge in [-0.25, -0.2) is 0 Å². The first kappa shape index (κ1) is 15.2. The summed E-state index contributed by atoms with van der Waals surface area (Å²) in [6.45, 7) is 4.18. The zero-order chi connectivity index (χ0) is 14.4. The lowest BCUT2D eigenvalue weighted by Gasteiger charge is -2.23. The van der Waals surface area contributed by atoms with Crippen LogP contribution < -0.4 is 10.6 Å². The summed E-state index contributed by atoms with van der Waals surface area (Å²) in [5, 5.41) is 26.1. The van der Waals surface area contributed by atoms with Gasteiger partial charge < -0.3 is 15.7 Å². The molecular weight excluding hydrogens is 246 g/mol. The summed E-state index contributed by atoms with van der Waals surface area (Å²) in [5.74, 6) is 0.324. The van der Waals surface area contributed by atoms with E-state index >= 15 is 0 Å². The van der Waals surface area contributed by atoms with Gasteiger partial charge in [-0.1, -0.05) is 13.8 Å². The molecule has 1 atom stereocenters. The number of benzene rings is 1. The normalized spacial score (nSPS) is 12.3. The van der Waals surface area contributed by atoms with Crippen molar-refractivity contribution in [3.63, 3.8) is 0 Å². The zero-order valence-electron chi connectivity index (χ0n) is 11.5. The number of hydrogen-bond donors (Lipinski definition) is 3. The van der Waals surface area contributed by atoms with Crippen molar-refractivity contribution in [2.45, 2.75) is 26.3 Å². The minimum Gasteiger partial charge on any atom is -0.396 e. The molecule has 0 aliphatic heterocycles. The average Bonchev–Trinajstić information content (AvgIpc) is 2.37. The molecule has 0 fully saturated rings. The van der Waals surface area contributed by atoms with Gasteiger partial charge in [0, 0.05) is 43.2 Å². The first-order chi connectivity index (χ1) is 8.97. The second-order valence-corrected chi connectivity index (χ2v) is 4.78. The fourth-order valence-electron chi connectivity index (χ4n) is 1.87. The lowest BCUT2D eigenvalue weighted by Crippen LogP contribution is -2.26. The van der Waals surface area contributed by atoms with Crippen molar-refractivity contribution in [3.05, 3.63) is 28.3 Å². The van der Waals surface area contributed by atoms with E-state index in [4.69, 9.17) is 5.11 Å². The molecule has 1 aromatic rings. The molecule has 0 aromatic heterocycles. The maximum Gasteiger partial charge on any atom is 0.273 e. The van der Waals surface area contributed by atoms with Crippen LogP contribution in [0.15, 0.2) is 18.2 Å². The number of aliphatic hydroxyl groups is 1. The molecule has 0 aliphatic carbocycles. The van der Waals surface area contributed by atoms with E-state index in [0.29, 0.717) is 23.7 Å². The number of non-ortho nitro benzene ring substituents is 1. The van der Waals surface area contributed by atoms with Crippen LogP contribution in [0.2, 0.25) is 0 Å². The lowest BCUT2D eigenvalue weighted by molar-refractivity contribution is -0.384. The molecule has 19 heavy (non-hydrogen) atoms. The van der Waals surface area contributed by atoms with E-state index in [9.17, 15) is 10.1 Å². The molecule has 0 amide bonds. The van der Waals surface area contributed by atoms with Gasteiger partial charge in [0.25, 0.3) is 5.69 Å². The monoisotopic (exact) mass is 267 g/mol. The van der Waals surface area contributed by atoms with Crippen molar-refractivity contribution >= 4 is 17.1 Å². The summed E-state index contributed by atoms with van der Waals surface area (Å²) in [7, 11) is 1.72. The van der Waals surface area contributed by atoms with Crippen molar-refractivity contribution in [1.82, 2.24) is 0 Å². The maximum atomic E-state index is 10.9. The summed E-state index contributed by atoms with van der Waals surface area (Å²) in [6.07, 6.45) is 0.606. The number of aliphatic hydroxyl groups excluding tert-OH is 1. The molecule has 6 heteroatoms. The van der Waals surface area contributed by atoms with Crippen LogP contribution >= 0.6 is 0 Å². The molecule has 1 rings (SSSR count). The zero-order valence-corrected chi connectivity index (χ0v) is 11.5. The number of anilines is 2. The Morgan fingerprint density at radius 1 is 1.32 bits per heavy atom. The number of nitro groups is 1. The summed E-state index contributed by atoms with van der Waals surface area (Å²) in [5.41, 5.74) is 1.41. The summed E-state index contributed by atoms with van der Waals surface area (Å²) < 4.78 is 0. The van der Waals surface area contributed by atoms with E-state index in [2.05, 4.69) is 10.6 Å². The highest BCUT2D eigenvalue weighted by Gasteiger charge is 2.15. The molecule has 3 N–H and O–H groups in total. The fourth-order valence-corrected chi connectivity index (χ4v) is 1.87. The molecule has 106 valence electrons. The Morgan fingerprint density at radius 2 is 1.95 bits per heavy atom. The van der Waals surface area contributed by atoms with Gasteiger partial charge in [-0.3, -0.25) is 10.1 Å². The van der Waals surface area contributed by atoms with Gasteiger partial charge in [0.1, 0.15) is 0 Å². The third-order valence-corrected chi connectivity index (χ3v) is 3.01. The summed E-state index contributed by atoms with van der Waals surface area (Å²) in [4.78, 5) is 10.5. The topological polar surface area (TPSA) is 87.4 Å². The van der Waals surface area contributed by atoms with E-state index in [-0.39, 0.29) is 18.3 Å². The van der Waals surface area contributed by atoms with Gasteiger partial charge in [-0.2, -0.15) is 0 Å². The smallest absolute Gasteiger partial charge is 0.273 e. The Morgan fingerprint density at radius 3 is 2.42 bits per heavy atom. The Kier molecular flexibility index (Phi) is 5.57. The molecule has 0 saturated heterocycles. The molecule has 0 aliphatic rings. The molecule has 0 saturated carbocycles. The first-order valence-corrected chi connectivity index (χ1v) is 6.32. The second kappa shape index (κ2) is 6.94. The number of nitro benzene ring substituents is 1. The van der Waals surface area contributed by atoms with Crippen LogP contribution in [0, 0.1) is 16.0 Å².